The van der Waals surface area contributed by atoms with Crippen LogP contribution in [0.25, 0.3) is 0 Å². The first kappa shape index (κ1) is 8.55. The first-order valence-corrected chi connectivity index (χ1v) is 5.50. The van der Waals surface area contributed by atoms with Crippen LogP contribution in [-0.4, -0.2) is 12.6 Å². The molecule has 1 nitrogen and oxygen atoms in total. The Kier molecular flexibility index (Phi) is 2.40. The lowest BCUT2D eigenvalue weighted by Gasteiger charge is -2.42. The summed E-state index contributed by atoms with van der Waals surface area (Å²) in [6.45, 7) is 6.05. The minimum Gasteiger partial charge on any atom is -0.313 e. The molecule has 70 valence electrons. The van der Waals surface area contributed by atoms with Crippen LogP contribution in [0.1, 0.15) is 39.5 Å². The standard InChI is InChI=1S/C11H21N/c1-8-6-10-5-3-4-9(2)11(10)12-7-8/h8-12H,3-7H2,1-2H3. The van der Waals surface area contributed by atoms with E-state index in [0.29, 0.717) is 0 Å². The third-order valence-electron chi connectivity index (χ3n) is 3.76. The number of fused-ring (bicyclic) bond motifs is 1. The average Bonchev–Trinajstić information content (AvgIpc) is 2.04. The van der Waals surface area contributed by atoms with E-state index in [0.717, 1.165) is 23.8 Å². The van der Waals surface area contributed by atoms with Crippen molar-refractivity contribution >= 4 is 0 Å². The summed E-state index contributed by atoms with van der Waals surface area (Å²) in [5.41, 5.74) is 0. The van der Waals surface area contributed by atoms with Gasteiger partial charge in [-0.2, -0.15) is 0 Å². The molecule has 2 fully saturated rings. The summed E-state index contributed by atoms with van der Waals surface area (Å²) in [7, 11) is 0. The normalized spacial score (nSPS) is 48.5. The van der Waals surface area contributed by atoms with Crippen LogP contribution >= 0.6 is 0 Å². The Morgan fingerprint density at radius 3 is 2.83 bits per heavy atom. The maximum atomic E-state index is 3.72. The summed E-state index contributed by atoms with van der Waals surface area (Å²) >= 11 is 0. The van der Waals surface area contributed by atoms with Crippen LogP contribution in [0.5, 0.6) is 0 Å². The first-order valence-electron chi connectivity index (χ1n) is 5.50. The highest BCUT2D eigenvalue weighted by molar-refractivity contribution is 4.90. The molecule has 2 rings (SSSR count). The van der Waals surface area contributed by atoms with E-state index in [1.165, 1.54) is 32.2 Å². The zero-order valence-electron chi connectivity index (χ0n) is 8.34. The Bertz CT molecular complexity index is 155. The largest absolute Gasteiger partial charge is 0.313 e. The SMILES string of the molecule is CC1CNC2C(C)CCCC2C1. The fraction of sp³-hybridized carbons (Fsp3) is 1.00. The van der Waals surface area contributed by atoms with Gasteiger partial charge in [-0.05, 0) is 43.6 Å². The van der Waals surface area contributed by atoms with Gasteiger partial charge in [0.1, 0.15) is 0 Å². The van der Waals surface area contributed by atoms with Gasteiger partial charge in [0.05, 0.1) is 0 Å². The van der Waals surface area contributed by atoms with Gasteiger partial charge in [-0.3, -0.25) is 0 Å². The molecule has 0 aromatic carbocycles. The van der Waals surface area contributed by atoms with Crippen molar-refractivity contribution in [3.8, 4) is 0 Å². The molecule has 4 unspecified atom stereocenters. The molecule has 0 amide bonds. The number of nitrogens with one attached hydrogen (secondary N) is 1. The molecule has 0 aromatic heterocycles. The van der Waals surface area contributed by atoms with Crippen molar-refractivity contribution in [1.29, 1.82) is 0 Å². The van der Waals surface area contributed by atoms with Crippen molar-refractivity contribution in [1.82, 2.24) is 5.32 Å². The van der Waals surface area contributed by atoms with Gasteiger partial charge >= 0.3 is 0 Å². The van der Waals surface area contributed by atoms with E-state index in [1.54, 1.807) is 0 Å². The molecule has 0 spiro atoms. The Morgan fingerprint density at radius 2 is 2.00 bits per heavy atom. The molecule has 1 aliphatic heterocycles. The topological polar surface area (TPSA) is 12.0 Å². The summed E-state index contributed by atoms with van der Waals surface area (Å²) in [6.07, 6.45) is 5.87. The summed E-state index contributed by atoms with van der Waals surface area (Å²) in [5, 5.41) is 3.72. The van der Waals surface area contributed by atoms with E-state index < -0.39 is 0 Å². The molecule has 2 aliphatic rings. The lowest BCUT2D eigenvalue weighted by atomic mass is 9.72. The smallest absolute Gasteiger partial charge is 0.0121 e. The quantitative estimate of drug-likeness (QED) is 0.584. The molecule has 1 saturated heterocycles. The van der Waals surface area contributed by atoms with E-state index in [-0.39, 0.29) is 0 Å². The second kappa shape index (κ2) is 3.37. The van der Waals surface area contributed by atoms with E-state index in [9.17, 15) is 0 Å². The Morgan fingerprint density at radius 1 is 1.17 bits per heavy atom. The van der Waals surface area contributed by atoms with Crippen LogP contribution in [0.4, 0.5) is 0 Å². The highest BCUT2D eigenvalue weighted by Crippen LogP contribution is 2.35. The van der Waals surface area contributed by atoms with Crippen molar-refractivity contribution in [2.75, 3.05) is 6.54 Å². The number of piperidine rings is 1. The van der Waals surface area contributed by atoms with Crippen molar-refractivity contribution in [3.05, 3.63) is 0 Å². The van der Waals surface area contributed by atoms with Gasteiger partial charge in [0.2, 0.25) is 0 Å². The minimum absolute atomic E-state index is 0.856. The third-order valence-corrected chi connectivity index (χ3v) is 3.76. The van der Waals surface area contributed by atoms with E-state index in [4.69, 9.17) is 0 Å². The van der Waals surface area contributed by atoms with Crippen molar-refractivity contribution in [2.24, 2.45) is 17.8 Å². The fourth-order valence-corrected chi connectivity index (χ4v) is 3.10. The number of rotatable bonds is 0. The second-order valence-corrected chi connectivity index (χ2v) is 4.94. The minimum atomic E-state index is 0.856. The predicted octanol–water partition coefficient (Wildman–Crippen LogP) is 2.42. The molecular weight excluding hydrogens is 146 g/mol. The van der Waals surface area contributed by atoms with Crippen LogP contribution in [0.15, 0.2) is 0 Å². The molecule has 4 atom stereocenters. The highest BCUT2D eigenvalue weighted by Gasteiger charge is 2.34. The number of hydrogen-bond donors (Lipinski definition) is 1. The molecule has 1 N–H and O–H groups in total. The summed E-state index contributed by atoms with van der Waals surface area (Å²) < 4.78 is 0. The summed E-state index contributed by atoms with van der Waals surface area (Å²) in [5.74, 6) is 2.84. The van der Waals surface area contributed by atoms with E-state index in [2.05, 4.69) is 19.2 Å². The predicted molar refractivity (Wildman–Crippen MR) is 52.1 cm³/mol. The van der Waals surface area contributed by atoms with E-state index >= 15 is 0 Å². The maximum Gasteiger partial charge on any atom is 0.0121 e. The van der Waals surface area contributed by atoms with Gasteiger partial charge in [0, 0.05) is 6.04 Å². The fourth-order valence-electron chi connectivity index (χ4n) is 3.10. The lowest BCUT2D eigenvalue weighted by Crippen LogP contribution is -2.50. The highest BCUT2D eigenvalue weighted by atomic mass is 14.9. The van der Waals surface area contributed by atoms with Gasteiger partial charge in [-0.15, -0.1) is 0 Å². The molecular formula is C11H21N. The third kappa shape index (κ3) is 1.52. The van der Waals surface area contributed by atoms with Gasteiger partial charge in [-0.1, -0.05) is 20.3 Å². The molecule has 0 aromatic rings. The summed E-state index contributed by atoms with van der Waals surface area (Å²) in [6, 6.07) is 0.856. The Balaban J connectivity index is 1.99. The molecule has 1 heterocycles. The number of hydrogen-bond acceptors (Lipinski definition) is 1. The van der Waals surface area contributed by atoms with Gasteiger partial charge in [0.15, 0.2) is 0 Å². The van der Waals surface area contributed by atoms with Crippen LogP contribution < -0.4 is 5.32 Å². The van der Waals surface area contributed by atoms with Crippen molar-refractivity contribution in [2.45, 2.75) is 45.6 Å². The molecule has 12 heavy (non-hydrogen) atoms. The van der Waals surface area contributed by atoms with Gasteiger partial charge < -0.3 is 5.32 Å². The molecule has 0 radical (unpaired) electrons. The van der Waals surface area contributed by atoms with Crippen LogP contribution in [0, 0.1) is 17.8 Å². The molecule has 0 bridgehead atoms. The lowest BCUT2D eigenvalue weighted by molar-refractivity contribution is 0.129. The van der Waals surface area contributed by atoms with Crippen LogP contribution in [0.2, 0.25) is 0 Å². The van der Waals surface area contributed by atoms with Gasteiger partial charge in [0.25, 0.3) is 0 Å². The van der Waals surface area contributed by atoms with Crippen LogP contribution in [-0.2, 0) is 0 Å². The monoisotopic (exact) mass is 167 g/mol. The summed E-state index contributed by atoms with van der Waals surface area (Å²) in [4.78, 5) is 0. The zero-order valence-corrected chi connectivity index (χ0v) is 8.34. The Labute approximate surface area is 75.9 Å². The second-order valence-electron chi connectivity index (χ2n) is 4.94. The van der Waals surface area contributed by atoms with Gasteiger partial charge in [-0.25, -0.2) is 0 Å². The average molecular weight is 167 g/mol. The van der Waals surface area contributed by atoms with Crippen molar-refractivity contribution in [3.63, 3.8) is 0 Å². The molecule has 1 heteroatoms. The van der Waals surface area contributed by atoms with E-state index in [1.807, 2.05) is 0 Å². The first-order chi connectivity index (χ1) is 5.77. The maximum absolute atomic E-state index is 3.72. The Hall–Kier alpha value is -0.0400. The molecule has 1 aliphatic carbocycles. The molecule has 1 saturated carbocycles. The zero-order chi connectivity index (χ0) is 8.55. The van der Waals surface area contributed by atoms with Crippen molar-refractivity contribution < 1.29 is 0 Å². The van der Waals surface area contributed by atoms with Crippen LogP contribution in [0.3, 0.4) is 0 Å².